The van der Waals surface area contributed by atoms with E-state index in [4.69, 9.17) is 4.74 Å². The Kier molecular flexibility index (Phi) is 8.29. The first kappa shape index (κ1) is 28.8. The number of rotatable bonds is 10. The lowest BCUT2D eigenvalue weighted by Gasteiger charge is -2.36. The summed E-state index contributed by atoms with van der Waals surface area (Å²) in [5.41, 5.74) is -2.10. The van der Waals surface area contributed by atoms with E-state index in [9.17, 15) is 31.9 Å². The van der Waals surface area contributed by atoms with Crippen LogP contribution in [0.25, 0.3) is 16.6 Å². The Hall–Kier alpha value is -4.19. The normalized spacial score (nSPS) is 13.2. The maximum atomic E-state index is 14.3. The number of hydrogen-bond acceptors (Lipinski definition) is 6. The van der Waals surface area contributed by atoms with Crippen LogP contribution in [0.2, 0.25) is 0 Å². The van der Waals surface area contributed by atoms with E-state index >= 15 is 0 Å². The third-order valence-electron chi connectivity index (χ3n) is 6.40. The Bertz CT molecular complexity index is 1510. The van der Waals surface area contributed by atoms with Gasteiger partial charge in [-0.3, -0.25) is 0 Å². The fraction of sp³-hybridized carbons (Fsp3) is 0.286. The van der Waals surface area contributed by atoms with Gasteiger partial charge in [-0.1, -0.05) is 12.1 Å². The van der Waals surface area contributed by atoms with Crippen LogP contribution in [0.5, 0.6) is 0 Å². The number of hydrogen-bond donors (Lipinski definition) is 2. The number of aliphatic hydroxyl groups is 1. The van der Waals surface area contributed by atoms with E-state index in [0.717, 1.165) is 23.1 Å². The number of halogens is 5. The van der Waals surface area contributed by atoms with Crippen LogP contribution >= 0.6 is 0 Å². The zero-order valence-electron chi connectivity index (χ0n) is 21.7. The minimum Gasteiger partial charge on any atom is -0.462 e. The average Bonchev–Trinajstić information content (AvgIpc) is 3.36. The van der Waals surface area contributed by atoms with E-state index in [1.165, 1.54) is 23.9 Å². The van der Waals surface area contributed by atoms with Gasteiger partial charge < -0.3 is 20.1 Å². The van der Waals surface area contributed by atoms with Gasteiger partial charge in [0.15, 0.2) is 5.60 Å². The second-order valence-corrected chi connectivity index (χ2v) is 9.06. The molecule has 4 rings (SSSR count). The highest BCUT2D eigenvalue weighted by molar-refractivity contribution is 5.93. The van der Waals surface area contributed by atoms with E-state index in [2.05, 4.69) is 10.4 Å². The van der Waals surface area contributed by atoms with Crippen molar-refractivity contribution in [1.29, 1.82) is 0 Å². The smallest absolute Gasteiger partial charge is 0.420 e. The van der Waals surface area contributed by atoms with E-state index < -0.39 is 48.2 Å². The SMILES string of the molecule is CCOC(=O)c1cccc(-n2ncc3c(NCC(O)(CN(CC)c4cc(F)ccc4F)C(F)(F)F)cccc32)c1. The molecule has 3 aromatic carbocycles. The molecule has 0 aliphatic carbocycles. The van der Waals surface area contributed by atoms with Gasteiger partial charge in [-0.25, -0.2) is 18.3 Å². The van der Waals surface area contributed by atoms with Crippen LogP contribution in [-0.2, 0) is 4.74 Å². The molecule has 0 amide bonds. The van der Waals surface area contributed by atoms with Crippen molar-refractivity contribution >= 4 is 28.2 Å². The number of carbonyl (C=O) groups excluding carboxylic acids is 1. The van der Waals surface area contributed by atoms with Crippen molar-refractivity contribution in [1.82, 2.24) is 9.78 Å². The van der Waals surface area contributed by atoms with Crippen molar-refractivity contribution in [3.05, 3.63) is 84.1 Å². The van der Waals surface area contributed by atoms with Crippen LogP contribution in [0, 0.1) is 11.6 Å². The summed E-state index contributed by atoms with van der Waals surface area (Å²) in [5.74, 6) is -2.24. The van der Waals surface area contributed by atoms with Crippen molar-refractivity contribution in [3.63, 3.8) is 0 Å². The van der Waals surface area contributed by atoms with Gasteiger partial charge in [-0.15, -0.1) is 0 Å². The molecule has 0 fully saturated rings. The minimum atomic E-state index is -5.11. The Balaban J connectivity index is 1.62. The Morgan fingerprint density at radius 2 is 1.82 bits per heavy atom. The van der Waals surface area contributed by atoms with Crippen LogP contribution in [0.3, 0.4) is 0 Å². The van der Waals surface area contributed by atoms with E-state index in [1.807, 2.05) is 0 Å². The van der Waals surface area contributed by atoms with Crippen LogP contribution in [0.1, 0.15) is 24.2 Å². The third kappa shape index (κ3) is 5.86. The quantitative estimate of drug-likeness (QED) is 0.190. The predicted molar refractivity (Wildman–Crippen MR) is 141 cm³/mol. The molecule has 212 valence electrons. The van der Waals surface area contributed by atoms with Gasteiger partial charge in [0, 0.05) is 23.7 Å². The number of esters is 1. The van der Waals surface area contributed by atoms with Crippen molar-refractivity contribution in [2.75, 3.05) is 36.5 Å². The summed E-state index contributed by atoms with van der Waals surface area (Å²) in [7, 11) is 0. The number of benzene rings is 3. The van der Waals surface area contributed by atoms with Gasteiger partial charge >= 0.3 is 12.1 Å². The zero-order chi connectivity index (χ0) is 29.1. The monoisotopic (exact) mass is 562 g/mol. The molecule has 1 unspecified atom stereocenters. The maximum absolute atomic E-state index is 14.3. The molecule has 0 bridgehead atoms. The number of likely N-dealkylation sites (N-methyl/N-ethyl adjacent to an activating group) is 1. The molecule has 40 heavy (non-hydrogen) atoms. The van der Waals surface area contributed by atoms with Crippen LogP contribution in [0.4, 0.5) is 33.3 Å². The minimum absolute atomic E-state index is 0.119. The molecule has 0 saturated heterocycles. The number of fused-ring (bicyclic) bond motifs is 1. The van der Waals surface area contributed by atoms with Crippen molar-refractivity contribution in [2.45, 2.75) is 25.6 Å². The summed E-state index contributed by atoms with van der Waals surface area (Å²) in [6, 6.07) is 13.8. The second-order valence-electron chi connectivity index (χ2n) is 9.06. The second kappa shape index (κ2) is 11.5. The van der Waals surface area contributed by atoms with E-state index in [1.54, 1.807) is 43.3 Å². The summed E-state index contributed by atoms with van der Waals surface area (Å²) < 4.78 is 77.1. The molecule has 1 aromatic heterocycles. The molecule has 1 atom stereocenters. The number of nitrogens with one attached hydrogen (secondary N) is 1. The summed E-state index contributed by atoms with van der Waals surface area (Å²) in [5, 5.41) is 18.3. The lowest BCUT2D eigenvalue weighted by atomic mass is 10.0. The molecule has 4 aromatic rings. The molecule has 0 spiro atoms. The lowest BCUT2D eigenvalue weighted by molar-refractivity contribution is -0.250. The van der Waals surface area contributed by atoms with E-state index in [0.29, 0.717) is 22.2 Å². The summed E-state index contributed by atoms with van der Waals surface area (Å²) in [4.78, 5) is 13.1. The van der Waals surface area contributed by atoms with Gasteiger partial charge in [0.25, 0.3) is 0 Å². The summed E-state index contributed by atoms with van der Waals surface area (Å²) in [6.07, 6.45) is -3.66. The largest absolute Gasteiger partial charge is 0.462 e. The summed E-state index contributed by atoms with van der Waals surface area (Å²) in [6.45, 7) is 1.23. The molecule has 2 N–H and O–H groups in total. The fourth-order valence-corrected chi connectivity index (χ4v) is 4.29. The number of aromatic nitrogens is 2. The van der Waals surface area contributed by atoms with Crippen molar-refractivity contribution in [3.8, 4) is 5.69 Å². The number of carbonyl (C=O) groups is 1. The van der Waals surface area contributed by atoms with Gasteiger partial charge in [0.1, 0.15) is 11.6 Å². The van der Waals surface area contributed by atoms with Crippen molar-refractivity contribution < 1.29 is 36.6 Å². The lowest BCUT2D eigenvalue weighted by Crippen LogP contribution is -2.58. The molecule has 0 aliphatic rings. The first-order valence-electron chi connectivity index (χ1n) is 12.4. The van der Waals surface area contributed by atoms with Gasteiger partial charge in [-0.05, 0) is 56.3 Å². The highest BCUT2D eigenvalue weighted by atomic mass is 19.4. The standard InChI is InChI=1S/C28H27F5N4O3/c1-3-36(25-14-19(29)11-12-22(25)30)17-27(39,28(31,32)33)16-34-23-9-6-10-24-21(23)15-35-37(24)20-8-5-7-18(13-20)26(38)40-4-2/h5-15,34,39H,3-4,16-17H2,1-2H3. The zero-order valence-corrected chi connectivity index (χ0v) is 21.7. The highest BCUT2D eigenvalue weighted by Gasteiger charge is 2.54. The third-order valence-corrected chi connectivity index (χ3v) is 6.40. The number of alkyl halides is 3. The molecule has 0 aliphatic heterocycles. The molecule has 0 saturated carbocycles. The summed E-state index contributed by atoms with van der Waals surface area (Å²) >= 11 is 0. The van der Waals surface area contributed by atoms with Gasteiger partial charge in [-0.2, -0.15) is 18.3 Å². The van der Waals surface area contributed by atoms with Gasteiger partial charge in [0.05, 0.1) is 48.3 Å². The van der Waals surface area contributed by atoms with Crippen LogP contribution in [0.15, 0.2) is 66.9 Å². The Morgan fingerprint density at radius 1 is 1.07 bits per heavy atom. The highest BCUT2D eigenvalue weighted by Crippen LogP contribution is 2.35. The predicted octanol–water partition coefficient (Wildman–Crippen LogP) is 5.71. The first-order valence-corrected chi connectivity index (χ1v) is 12.4. The van der Waals surface area contributed by atoms with Crippen molar-refractivity contribution in [2.24, 2.45) is 0 Å². The molecular formula is C28H27F5N4O3. The fourth-order valence-electron chi connectivity index (χ4n) is 4.29. The van der Waals surface area contributed by atoms with Crippen LogP contribution < -0.4 is 10.2 Å². The maximum Gasteiger partial charge on any atom is 0.420 e. The molecule has 12 heteroatoms. The molecule has 7 nitrogen and oxygen atoms in total. The topological polar surface area (TPSA) is 79.6 Å². The molecule has 0 radical (unpaired) electrons. The number of anilines is 2. The number of ether oxygens (including phenoxy) is 1. The Morgan fingerprint density at radius 3 is 2.52 bits per heavy atom. The Labute approximate surface area is 226 Å². The van der Waals surface area contributed by atoms with E-state index in [-0.39, 0.29) is 18.8 Å². The molecular weight excluding hydrogens is 535 g/mol. The number of nitrogens with zero attached hydrogens (tertiary/aromatic N) is 3. The van der Waals surface area contributed by atoms with Crippen LogP contribution in [-0.4, -0.2) is 58.9 Å². The average molecular weight is 563 g/mol. The van der Waals surface area contributed by atoms with Gasteiger partial charge in [0.2, 0.25) is 0 Å². The molecule has 1 heterocycles. The first-order chi connectivity index (χ1) is 19.0.